The number of aryl methyl sites for hydroxylation is 1. The Kier molecular flexibility index (Phi) is 6.00. The number of hydrogen-bond acceptors (Lipinski definition) is 5. The number of ether oxygens (including phenoxy) is 1. The van der Waals surface area contributed by atoms with Crippen LogP contribution in [0.4, 0.5) is 0 Å². The van der Waals surface area contributed by atoms with Gasteiger partial charge in [-0.1, -0.05) is 0 Å². The predicted molar refractivity (Wildman–Crippen MR) is 81.6 cm³/mol. The molecule has 122 valence electrons. The first-order chi connectivity index (χ1) is 10.6. The number of nitrogens with zero attached hydrogens (tertiary/aromatic N) is 1. The molecule has 1 saturated heterocycles. The highest BCUT2D eigenvalue weighted by molar-refractivity contribution is 5.95. The summed E-state index contributed by atoms with van der Waals surface area (Å²) in [6, 6.07) is 1.91. The fraction of sp³-hybridized carbons (Fsp3) is 0.625. The van der Waals surface area contributed by atoms with E-state index in [9.17, 15) is 9.59 Å². The first kappa shape index (κ1) is 16.5. The van der Waals surface area contributed by atoms with Crippen molar-refractivity contribution in [1.29, 1.82) is 0 Å². The largest absolute Gasteiger partial charge is 0.469 e. The van der Waals surface area contributed by atoms with Gasteiger partial charge in [0.2, 0.25) is 0 Å². The number of likely N-dealkylation sites (tertiary alicyclic amines) is 1. The van der Waals surface area contributed by atoms with Crippen molar-refractivity contribution >= 4 is 11.9 Å². The third-order valence-corrected chi connectivity index (χ3v) is 4.11. The molecular formula is C16H24N2O4. The average molecular weight is 308 g/mol. The Morgan fingerprint density at radius 3 is 2.73 bits per heavy atom. The van der Waals surface area contributed by atoms with Crippen LogP contribution in [0.1, 0.15) is 41.8 Å². The lowest BCUT2D eigenvalue weighted by Gasteiger charge is -2.32. The van der Waals surface area contributed by atoms with Crippen LogP contribution in [-0.4, -0.2) is 49.6 Å². The van der Waals surface area contributed by atoms with Gasteiger partial charge in [0.1, 0.15) is 5.76 Å². The monoisotopic (exact) mass is 308 g/mol. The molecule has 0 bridgehead atoms. The second-order valence-corrected chi connectivity index (χ2v) is 5.66. The highest BCUT2D eigenvalue weighted by atomic mass is 16.5. The number of piperidine rings is 1. The van der Waals surface area contributed by atoms with E-state index in [0.717, 1.165) is 38.9 Å². The number of hydrogen-bond donors (Lipinski definition) is 1. The van der Waals surface area contributed by atoms with Gasteiger partial charge in [-0.05, 0) is 38.8 Å². The Hall–Kier alpha value is -1.82. The predicted octanol–water partition coefficient (Wildman–Crippen LogP) is 1.74. The van der Waals surface area contributed by atoms with Gasteiger partial charge >= 0.3 is 5.97 Å². The minimum Gasteiger partial charge on any atom is -0.469 e. The van der Waals surface area contributed by atoms with Crippen molar-refractivity contribution < 1.29 is 18.7 Å². The summed E-state index contributed by atoms with van der Waals surface area (Å²) in [6.07, 6.45) is 4.68. The van der Waals surface area contributed by atoms with E-state index >= 15 is 0 Å². The molecule has 1 aromatic rings. The van der Waals surface area contributed by atoms with E-state index in [0.29, 0.717) is 17.7 Å². The van der Waals surface area contributed by atoms with Gasteiger partial charge in [-0.15, -0.1) is 0 Å². The molecule has 0 radical (unpaired) electrons. The molecule has 6 heteroatoms. The summed E-state index contributed by atoms with van der Waals surface area (Å²) in [7, 11) is 1.41. The standard InChI is InChI=1S/C16H24N2O4/c1-12-14(7-11-22-12)16(20)17-13-5-9-18(10-6-13)8-3-4-15(19)21-2/h7,11,13H,3-6,8-10H2,1-2H3,(H,17,20). The van der Waals surface area contributed by atoms with Gasteiger partial charge in [-0.2, -0.15) is 0 Å². The molecule has 1 aliphatic heterocycles. The van der Waals surface area contributed by atoms with Gasteiger partial charge in [0.15, 0.2) is 0 Å². The summed E-state index contributed by atoms with van der Waals surface area (Å²) in [5.41, 5.74) is 0.612. The van der Waals surface area contributed by atoms with Gasteiger partial charge in [0.05, 0.1) is 18.9 Å². The molecule has 22 heavy (non-hydrogen) atoms. The van der Waals surface area contributed by atoms with Crippen LogP contribution in [-0.2, 0) is 9.53 Å². The molecule has 2 heterocycles. The molecule has 0 unspecified atom stereocenters. The zero-order chi connectivity index (χ0) is 15.9. The highest BCUT2D eigenvalue weighted by Crippen LogP contribution is 2.14. The molecule has 1 N–H and O–H groups in total. The van der Waals surface area contributed by atoms with Crippen LogP contribution < -0.4 is 5.32 Å². The Morgan fingerprint density at radius 2 is 2.14 bits per heavy atom. The first-order valence-electron chi connectivity index (χ1n) is 7.74. The molecule has 0 spiro atoms. The Bertz CT molecular complexity index is 504. The molecule has 0 saturated carbocycles. The molecular weight excluding hydrogens is 284 g/mol. The van der Waals surface area contributed by atoms with Gasteiger partial charge in [0.25, 0.3) is 5.91 Å². The zero-order valence-corrected chi connectivity index (χ0v) is 13.3. The number of carbonyl (C=O) groups excluding carboxylic acids is 2. The Morgan fingerprint density at radius 1 is 1.41 bits per heavy atom. The third-order valence-electron chi connectivity index (χ3n) is 4.11. The van der Waals surface area contributed by atoms with Crippen LogP contribution >= 0.6 is 0 Å². The summed E-state index contributed by atoms with van der Waals surface area (Å²) in [6.45, 7) is 4.57. The lowest BCUT2D eigenvalue weighted by Crippen LogP contribution is -2.44. The first-order valence-corrected chi connectivity index (χ1v) is 7.74. The van der Waals surface area contributed by atoms with E-state index in [1.807, 2.05) is 0 Å². The summed E-state index contributed by atoms with van der Waals surface area (Å²) in [5.74, 6) is 0.436. The van der Waals surface area contributed by atoms with Crippen molar-refractivity contribution in [2.75, 3.05) is 26.7 Å². The van der Waals surface area contributed by atoms with Crippen molar-refractivity contribution in [2.45, 2.75) is 38.6 Å². The molecule has 0 atom stereocenters. The topological polar surface area (TPSA) is 71.8 Å². The minimum atomic E-state index is -0.155. The maximum absolute atomic E-state index is 12.1. The SMILES string of the molecule is COC(=O)CCCN1CCC(NC(=O)c2ccoc2C)CC1. The number of furan rings is 1. The maximum atomic E-state index is 12.1. The van der Waals surface area contributed by atoms with Crippen molar-refractivity contribution in [3.05, 3.63) is 23.7 Å². The second kappa shape index (κ2) is 7.98. The molecule has 1 fully saturated rings. The highest BCUT2D eigenvalue weighted by Gasteiger charge is 2.22. The van der Waals surface area contributed by atoms with E-state index in [1.165, 1.54) is 13.4 Å². The number of amides is 1. The Labute approximate surface area is 130 Å². The van der Waals surface area contributed by atoms with E-state index < -0.39 is 0 Å². The van der Waals surface area contributed by atoms with Crippen LogP contribution in [0.25, 0.3) is 0 Å². The molecule has 2 rings (SSSR count). The maximum Gasteiger partial charge on any atom is 0.305 e. The van der Waals surface area contributed by atoms with Crippen molar-refractivity contribution in [1.82, 2.24) is 10.2 Å². The molecule has 0 aliphatic carbocycles. The summed E-state index contributed by atoms with van der Waals surface area (Å²) >= 11 is 0. The third kappa shape index (κ3) is 4.59. The normalized spacial score (nSPS) is 16.5. The van der Waals surface area contributed by atoms with E-state index in [1.54, 1.807) is 13.0 Å². The molecule has 1 aromatic heterocycles. The molecule has 1 aliphatic rings. The zero-order valence-electron chi connectivity index (χ0n) is 13.3. The van der Waals surface area contributed by atoms with Crippen molar-refractivity contribution in [3.8, 4) is 0 Å². The lowest BCUT2D eigenvalue weighted by atomic mass is 10.0. The quantitative estimate of drug-likeness (QED) is 0.810. The van der Waals surface area contributed by atoms with Crippen LogP contribution in [0.15, 0.2) is 16.7 Å². The molecule has 6 nitrogen and oxygen atoms in total. The van der Waals surface area contributed by atoms with E-state index in [2.05, 4.69) is 15.0 Å². The van der Waals surface area contributed by atoms with Crippen LogP contribution in [0.3, 0.4) is 0 Å². The number of rotatable bonds is 6. The number of nitrogens with one attached hydrogen (secondary N) is 1. The van der Waals surface area contributed by atoms with E-state index in [4.69, 9.17) is 4.42 Å². The van der Waals surface area contributed by atoms with Crippen LogP contribution in [0, 0.1) is 6.92 Å². The fourth-order valence-corrected chi connectivity index (χ4v) is 2.73. The molecule has 1 amide bonds. The van der Waals surface area contributed by atoms with Crippen molar-refractivity contribution in [2.24, 2.45) is 0 Å². The summed E-state index contributed by atoms with van der Waals surface area (Å²) < 4.78 is 9.79. The van der Waals surface area contributed by atoms with Gasteiger partial charge < -0.3 is 19.4 Å². The van der Waals surface area contributed by atoms with Crippen LogP contribution in [0.2, 0.25) is 0 Å². The second-order valence-electron chi connectivity index (χ2n) is 5.66. The summed E-state index contributed by atoms with van der Waals surface area (Å²) in [4.78, 5) is 25.5. The van der Waals surface area contributed by atoms with Gasteiger partial charge in [-0.3, -0.25) is 9.59 Å². The Balaban J connectivity index is 1.68. The van der Waals surface area contributed by atoms with E-state index in [-0.39, 0.29) is 17.9 Å². The lowest BCUT2D eigenvalue weighted by molar-refractivity contribution is -0.140. The number of carbonyl (C=O) groups is 2. The number of esters is 1. The number of methoxy groups -OCH3 is 1. The van der Waals surface area contributed by atoms with Crippen molar-refractivity contribution in [3.63, 3.8) is 0 Å². The smallest absolute Gasteiger partial charge is 0.305 e. The molecule has 0 aromatic carbocycles. The fourth-order valence-electron chi connectivity index (χ4n) is 2.73. The summed E-state index contributed by atoms with van der Waals surface area (Å²) in [5, 5.41) is 3.07. The minimum absolute atomic E-state index is 0.0598. The van der Waals surface area contributed by atoms with Crippen LogP contribution in [0.5, 0.6) is 0 Å². The average Bonchev–Trinajstić information content (AvgIpc) is 2.95. The van der Waals surface area contributed by atoms with Gasteiger partial charge in [-0.25, -0.2) is 0 Å². The van der Waals surface area contributed by atoms with Gasteiger partial charge in [0, 0.05) is 25.6 Å².